The summed E-state index contributed by atoms with van der Waals surface area (Å²) in [4.78, 5) is 16.8. The number of para-hydroxylation sites is 2. The zero-order valence-corrected chi connectivity index (χ0v) is 13.7. The number of nitrogens with zero attached hydrogens (tertiary/aromatic N) is 2. The van der Waals surface area contributed by atoms with Gasteiger partial charge in [0.15, 0.2) is 0 Å². The van der Waals surface area contributed by atoms with Gasteiger partial charge in [-0.25, -0.2) is 0 Å². The number of piperazine rings is 1. The van der Waals surface area contributed by atoms with Crippen molar-refractivity contribution in [3.8, 4) is 5.75 Å². The summed E-state index contributed by atoms with van der Waals surface area (Å²) in [5, 5.41) is 12.6. The summed E-state index contributed by atoms with van der Waals surface area (Å²) in [6, 6.07) is 17.1. The monoisotopic (exact) mass is 325 g/mol. The molecule has 2 N–H and O–H groups in total. The number of benzene rings is 2. The number of carbonyl (C=O) groups is 1. The number of rotatable bonds is 5. The van der Waals surface area contributed by atoms with E-state index in [1.165, 1.54) is 11.8 Å². The van der Waals surface area contributed by atoms with E-state index in [1.807, 2.05) is 6.07 Å². The molecule has 5 nitrogen and oxygen atoms in total. The average Bonchev–Trinajstić information content (AvgIpc) is 2.63. The van der Waals surface area contributed by atoms with Gasteiger partial charge in [0.05, 0.1) is 5.56 Å². The Bertz CT molecular complexity index is 667. The predicted molar refractivity (Wildman–Crippen MR) is 95.5 cm³/mol. The van der Waals surface area contributed by atoms with Gasteiger partial charge in [0, 0.05) is 45.0 Å². The van der Waals surface area contributed by atoms with E-state index in [4.69, 9.17) is 0 Å². The highest BCUT2D eigenvalue weighted by molar-refractivity contribution is 5.96. The molecule has 0 aromatic heterocycles. The fourth-order valence-corrected chi connectivity index (χ4v) is 2.96. The van der Waals surface area contributed by atoms with Crippen LogP contribution in [-0.4, -0.2) is 55.2 Å². The van der Waals surface area contributed by atoms with Crippen LogP contribution in [0.3, 0.4) is 0 Å². The third-order valence-corrected chi connectivity index (χ3v) is 4.36. The van der Waals surface area contributed by atoms with Crippen molar-refractivity contribution in [2.24, 2.45) is 0 Å². The van der Waals surface area contributed by atoms with Crippen LogP contribution < -0.4 is 10.2 Å². The first-order valence-corrected chi connectivity index (χ1v) is 8.32. The van der Waals surface area contributed by atoms with Gasteiger partial charge in [0.2, 0.25) is 0 Å². The second kappa shape index (κ2) is 7.84. The van der Waals surface area contributed by atoms with E-state index in [-0.39, 0.29) is 11.7 Å². The summed E-state index contributed by atoms with van der Waals surface area (Å²) in [5.41, 5.74) is 1.59. The van der Waals surface area contributed by atoms with E-state index < -0.39 is 0 Å². The molecule has 1 aliphatic rings. The van der Waals surface area contributed by atoms with Gasteiger partial charge in [0.25, 0.3) is 5.91 Å². The molecule has 1 heterocycles. The molecule has 0 radical (unpaired) electrons. The zero-order valence-electron chi connectivity index (χ0n) is 13.7. The molecule has 0 spiro atoms. The number of carbonyl (C=O) groups excluding carboxylic acids is 1. The van der Waals surface area contributed by atoms with Crippen molar-refractivity contribution in [3.63, 3.8) is 0 Å². The molecule has 126 valence electrons. The number of hydrogen-bond acceptors (Lipinski definition) is 4. The summed E-state index contributed by atoms with van der Waals surface area (Å²) < 4.78 is 0. The Kier molecular flexibility index (Phi) is 5.33. The van der Waals surface area contributed by atoms with Crippen LogP contribution in [0.2, 0.25) is 0 Å². The van der Waals surface area contributed by atoms with Crippen LogP contribution in [0.25, 0.3) is 0 Å². The fourth-order valence-electron chi connectivity index (χ4n) is 2.96. The summed E-state index contributed by atoms with van der Waals surface area (Å²) in [6.45, 7) is 5.37. The van der Waals surface area contributed by atoms with Crippen LogP contribution in [0.4, 0.5) is 5.69 Å². The van der Waals surface area contributed by atoms with E-state index in [9.17, 15) is 9.90 Å². The number of hydrogen-bond donors (Lipinski definition) is 2. The maximum absolute atomic E-state index is 12.0. The molecular formula is C19H23N3O2. The van der Waals surface area contributed by atoms with Crippen LogP contribution in [0.15, 0.2) is 54.6 Å². The van der Waals surface area contributed by atoms with Gasteiger partial charge in [-0.3, -0.25) is 9.69 Å². The lowest BCUT2D eigenvalue weighted by Crippen LogP contribution is -2.48. The Balaban J connectivity index is 1.41. The standard InChI is InChI=1S/C19H23N3O2/c23-18-9-5-4-8-17(18)19(24)20-10-11-21-12-14-22(15-13-21)16-6-2-1-3-7-16/h1-9,23H,10-15H2,(H,20,24). The van der Waals surface area contributed by atoms with Gasteiger partial charge in [0.1, 0.15) is 5.75 Å². The van der Waals surface area contributed by atoms with Crippen LogP contribution in [0.1, 0.15) is 10.4 Å². The highest BCUT2D eigenvalue weighted by atomic mass is 16.3. The van der Waals surface area contributed by atoms with Crippen molar-refractivity contribution in [1.29, 1.82) is 0 Å². The average molecular weight is 325 g/mol. The number of phenols is 1. The Labute approximate surface area is 142 Å². The Morgan fingerprint density at radius 1 is 0.958 bits per heavy atom. The van der Waals surface area contributed by atoms with Gasteiger partial charge in [-0.05, 0) is 24.3 Å². The second-order valence-electron chi connectivity index (χ2n) is 5.94. The van der Waals surface area contributed by atoms with Crippen LogP contribution in [-0.2, 0) is 0 Å². The third-order valence-electron chi connectivity index (χ3n) is 4.36. The number of amides is 1. The minimum Gasteiger partial charge on any atom is -0.507 e. The van der Waals surface area contributed by atoms with Gasteiger partial charge >= 0.3 is 0 Å². The molecule has 0 bridgehead atoms. The van der Waals surface area contributed by atoms with Crippen LogP contribution in [0, 0.1) is 0 Å². The van der Waals surface area contributed by atoms with E-state index in [0.29, 0.717) is 12.1 Å². The molecule has 1 fully saturated rings. The van der Waals surface area contributed by atoms with Crippen molar-refractivity contribution >= 4 is 11.6 Å². The number of aromatic hydroxyl groups is 1. The van der Waals surface area contributed by atoms with E-state index in [1.54, 1.807) is 18.2 Å². The molecule has 2 aromatic carbocycles. The largest absolute Gasteiger partial charge is 0.507 e. The lowest BCUT2D eigenvalue weighted by atomic mass is 10.2. The lowest BCUT2D eigenvalue weighted by molar-refractivity contribution is 0.0945. The number of anilines is 1. The predicted octanol–water partition coefficient (Wildman–Crippen LogP) is 1.94. The second-order valence-corrected chi connectivity index (χ2v) is 5.94. The smallest absolute Gasteiger partial charge is 0.255 e. The van der Waals surface area contributed by atoms with E-state index in [0.717, 1.165) is 32.7 Å². The van der Waals surface area contributed by atoms with Crippen LogP contribution in [0.5, 0.6) is 5.75 Å². The Morgan fingerprint density at radius 2 is 1.62 bits per heavy atom. The van der Waals surface area contributed by atoms with Crippen molar-refractivity contribution in [3.05, 3.63) is 60.2 Å². The molecule has 5 heteroatoms. The highest BCUT2D eigenvalue weighted by Gasteiger charge is 2.17. The zero-order chi connectivity index (χ0) is 16.8. The van der Waals surface area contributed by atoms with Crippen molar-refractivity contribution < 1.29 is 9.90 Å². The molecule has 0 aliphatic carbocycles. The normalized spacial score (nSPS) is 15.2. The Morgan fingerprint density at radius 3 is 2.33 bits per heavy atom. The number of nitrogens with one attached hydrogen (secondary N) is 1. The molecule has 0 unspecified atom stereocenters. The molecule has 24 heavy (non-hydrogen) atoms. The van der Waals surface area contributed by atoms with Crippen molar-refractivity contribution in [2.75, 3.05) is 44.2 Å². The summed E-state index contributed by atoms with van der Waals surface area (Å²) in [7, 11) is 0. The van der Waals surface area contributed by atoms with Gasteiger partial charge in [-0.1, -0.05) is 30.3 Å². The molecule has 3 rings (SSSR count). The maximum atomic E-state index is 12.0. The summed E-state index contributed by atoms with van der Waals surface area (Å²) in [6.07, 6.45) is 0. The first-order chi connectivity index (χ1) is 11.7. The first-order valence-electron chi connectivity index (χ1n) is 8.32. The molecule has 1 aliphatic heterocycles. The van der Waals surface area contributed by atoms with E-state index in [2.05, 4.69) is 39.4 Å². The quantitative estimate of drug-likeness (QED) is 0.882. The van der Waals surface area contributed by atoms with Crippen LogP contribution >= 0.6 is 0 Å². The maximum Gasteiger partial charge on any atom is 0.255 e. The lowest BCUT2D eigenvalue weighted by Gasteiger charge is -2.36. The minimum absolute atomic E-state index is 0.0199. The fraction of sp³-hybridized carbons (Fsp3) is 0.316. The minimum atomic E-state index is -0.226. The van der Waals surface area contributed by atoms with Crippen molar-refractivity contribution in [1.82, 2.24) is 10.2 Å². The third kappa shape index (κ3) is 4.06. The summed E-state index contributed by atoms with van der Waals surface area (Å²) >= 11 is 0. The van der Waals surface area contributed by atoms with Gasteiger partial charge in [-0.2, -0.15) is 0 Å². The topological polar surface area (TPSA) is 55.8 Å². The molecule has 2 aromatic rings. The molecule has 0 atom stereocenters. The molecule has 1 amide bonds. The molecule has 0 saturated carbocycles. The van der Waals surface area contributed by atoms with E-state index >= 15 is 0 Å². The number of phenolic OH excluding ortho intramolecular Hbond substituents is 1. The summed E-state index contributed by atoms with van der Waals surface area (Å²) in [5.74, 6) is -0.206. The van der Waals surface area contributed by atoms with Crippen molar-refractivity contribution in [2.45, 2.75) is 0 Å². The molecule has 1 saturated heterocycles. The first kappa shape index (κ1) is 16.3. The highest BCUT2D eigenvalue weighted by Crippen LogP contribution is 2.16. The Hall–Kier alpha value is -2.53. The SMILES string of the molecule is O=C(NCCN1CCN(c2ccccc2)CC1)c1ccccc1O. The molecular weight excluding hydrogens is 302 g/mol. The van der Waals surface area contributed by atoms with Gasteiger partial charge in [-0.15, -0.1) is 0 Å². The van der Waals surface area contributed by atoms with Gasteiger partial charge < -0.3 is 15.3 Å².